The molecule has 7 nitrogen and oxygen atoms in total. The average molecular weight is 496 g/mol. The fourth-order valence-corrected chi connectivity index (χ4v) is 5.35. The van der Waals surface area contributed by atoms with Crippen molar-refractivity contribution in [2.24, 2.45) is 0 Å². The van der Waals surface area contributed by atoms with Crippen molar-refractivity contribution in [3.63, 3.8) is 0 Å². The molecule has 0 bridgehead atoms. The molecule has 0 aliphatic carbocycles. The first-order valence-corrected chi connectivity index (χ1v) is 12.1. The van der Waals surface area contributed by atoms with Gasteiger partial charge in [0.25, 0.3) is 5.91 Å². The van der Waals surface area contributed by atoms with Crippen LogP contribution in [0, 0.1) is 0 Å². The second kappa shape index (κ2) is 9.91. The topological polar surface area (TPSA) is 79.0 Å². The molecule has 1 aliphatic heterocycles. The first kappa shape index (κ1) is 22.7. The average Bonchev–Trinajstić information content (AvgIpc) is 2.75. The number of rotatable bonds is 7. The SMILES string of the molecule is CCN(CC)S(=O)(=O)c1ccc(N2CCOCC2)c(NC(=O)c2ccccc2Br)c1. The van der Waals surface area contributed by atoms with Crippen molar-refractivity contribution < 1.29 is 17.9 Å². The second-order valence-electron chi connectivity index (χ2n) is 6.80. The summed E-state index contributed by atoms with van der Waals surface area (Å²) in [5.74, 6) is -0.311. The largest absolute Gasteiger partial charge is 0.378 e. The third-order valence-corrected chi connectivity index (χ3v) is 7.77. The Kier molecular flexibility index (Phi) is 7.51. The maximum Gasteiger partial charge on any atom is 0.256 e. The Labute approximate surface area is 186 Å². The Morgan fingerprint density at radius 3 is 2.43 bits per heavy atom. The van der Waals surface area contributed by atoms with Gasteiger partial charge in [-0.3, -0.25) is 4.79 Å². The number of carbonyl (C=O) groups excluding carboxylic acids is 1. The lowest BCUT2D eigenvalue weighted by Gasteiger charge is -2.31. The highest BCUT2D eigenvalue weighted by Gasteiger charge is 2.25. The number of carbonyl (C=O) groups is 1. The summed E-state index contributed by atoms with van der Waals surface area (Å²) in [6.07, 6.45) is 0. The predicted octanol–water partition coefficient (Wildman–Crippen LogP) is 3.57. The van der Waals surface area contributed by atoms with Crippen LogP contribution in [0.3, 0.4) is 0 Å². The fraction of sp³-hybridized carbons (Fsp3) is 0.381. The fourth-order valence-electron chi connectivity index (χ4n) is 3.40. The van der Waals surface area contributed by atoms with E-state index in [1.165, 1.54) is 4.31 Å². The van der Waals surface area contributed by atoms with E-state index in [2.05, 4.69) is 26.1 Å². The zero-order chi connectivity index (χ0) is 21.7. The van der Waals surface area contributed by atoms with Gasteiger partial charge in [-0.15, -0.1) is 0 Å². The number of morpholine rings is 1. The van der Waals surface area contributed by atoms with Crippen molar-refractivity contribution in [1.82, 2.24) is 4.31 Å². The summed E-state index contributed by atoms with van der Waals surface area (Å²) in [5, 5.41) is 2.92. The maximum atomic E-state index is 13.0. The minimum Gasteiger partial charge on any atom is -0.378 e. The van der Waals surface area contributed by atoms with E-state index in [0.29, 0.717) is 55.1 Å². The van der Waals surface area contributed by atoms with Gasteiger partial charge < -0.3 is 15.0 Å². The molecule has 0 unspecified atom stereocenters. The van der Waals surface area contributed by atoms with Crippen molar-refractivity contribution in [2.75, 3.05) is 49.6 Å². The smallest absolute Gasteiger partial charge is 0.256 e. The number of benzene rings is 2. The lowest BCUT2D eigenvalue weighted by atomic mass is 10.2. The van der Waals surface area contributed by atoms with Crippen LogP contribution >= 0.6 is 15.9 Å². The van der Waals surface area contributed by atoms with Crippen LogP contribution in [0.15, 0.2) is 51.8 Å². The first-order chi connectivity index (χ1) is 14.4. The Morgan fingerprint density at radius 2 is 1.80 bits per heavy atom. The first-order valence-electron chi connectivity index (χ1n) is 9.91. The number of sulfonamides is 1. The third-order valence-electron chi connectivity index (χ3n) is 5.03. The van der Waals surface area contributed by atoms with Gasteiger partial charge in [0.2, 0.25) is 10.0 Å². The Hall–Kier alpha value is -1.94. The summed E-state index contributed by atoms with van der Waals surface area (Å²) < 4.78 is 33.5. The summed E-state index contributed by atoms with van der Waals surface area (Å²) in [6.45, 7) is 6.86. The van der Waals surface area contributed by atoms with E-state index in [-0.39, 0.29) is 10.8 Å². The molecule has 0 spiro atoms. The Bertz CT molecular complexity index is 1000. The van der Waals surface area contributed by atoms with Crippen molar-refractivity contribution in [1.29, 1.82) is 0 Å². The van der Waals surface area contributed by atoms with E-state index < -0.39 is 10.0 Å². The lowest BCUT2D eigenvalue weighted by molar-refractivity contribution is 0.102. The van der Waals surface area contributed by atoms with Crippen LogP contribution in [0.2, 0.25) is 0 Å². The summed E-state index contributed by atoms with van der Waals surface area (Å²) in [6, 6.07) is 12.0. The number of hydrogen-bond acceptors (Lipinski definition) is 5. The van der Waals surface area contributed by atoms with E-state index in [4.69, 9.17) is 4.74 Å². The molecule has 1 fully saturated rings. The molecule has 1 heterocycles. The quantitative estimate of drug-likeness (QED) is 0.634. The van der Waals surface area contributed by atoms with Crippen molar-refractivity contribution in [2.45, 2.75) is 18.7 Å². The van der Waals surface area contributed by atoms with E-state index in [9.17, 15) is 13.2 Å². The number of amides is 1. The van der Waals surface area contributed by atoms with Gasteiger partial charge in [-0.1, -0.05) is 26.0 Å². The summed E-state index contributed by atoms with van der Waals surface area (Å²) in [4.78, 5) is 15.2. The molecular formula is C21H26BrN3O4S. The molecule has 162 valence electrons. The van der Waals surface area contributed by atoms with Gasteiger partial charge in [-0.2, -0.15) is 4.31 Å². The highest BCUT2D eigenvalue weighted by molar-refractivity contribution is 9.10. The molecule has 2 aromatic carbocycles. The zero-order valence-corrected chi connectivity index (χ0v) is 19.5. The molecule has 30 heavy (non-hydrogen) atoms. The molecule has 1 saturated heterocycles. The van der Waals surface area contributed by atoms with E-state index >= 15 is 0 Å². The summed E-state index contributed by atoms with van der Waals surface area (Å²) in [5.41, 5.74) is 1.71. The maximum absolute atomic E-state index is 13.0. The van der Waals surface area contributed by atoms with Crippen LogP contribution in [-0.4, -0.2) is 58.0 Å². The predicted molar refractivity (Wildman–Crippen MR) is 122 cm³/mol. The van der Waals surface area contributed by atoms with Crippen LogP contribution in [0.1, 0.15) is 24.2 Å². The zero-order valence-electron chi connectivity index (χ0n) is 17.1. The molecular weight excluding hydrogens is 470 g/mol. The van der Waals surface area contributed by atoms with Crippen molar-refractivity contribution in [3.8, 4) is 0 Å². The van der Waals surface area contributed by atoms with Crippen LogP contribution in [0.5, 0.6) is 0 Å². The number of ether oxygens (including phenoxy) is 1. The van der Waals surface area contributed by atoms with E-state index in [1.54, 1.807) is 50.2 Å². The molecule has 0 radical (unpaired) electrons. The number of anilines is 2. The summed E-state index contributed by atoms with van der Waals surface area (Å²) >= 11 is 3.40. The highest BCUT2D eigenvalue weighted by Crippen LogP contribution is 2.31. The highest BCUT2D eigenvalue weighted by atomic mass is 79.9. The van der Waals surface area contributed by atoms with Crippen molar-refractivity contribution >= 4 is 43.2 Å². The normalized spacial score (nSPS) is 14.7. The molecule has 0 atom stereocenters. The summed E-state index contributed by atoms with van der Waals surface area (Å²) in [7, 11) is -3.65. The Balaban J connectivity index is 2.02. The van der Waals surface area contributed by atoms with Gasteiger partial charge in [-0.05, 0) is 46.3 Å². The number of nitrogens with one attached hydrogen (secondary N) is 1. The second-order valence-corrected chi connectivity index (χ2v) is 9.59. The van der Waals surface area contributed by atoms with Gasteiger partial charge in [-0.25, -0.2) is 8.42 Å². The minimum absolute atomic E-state index is 0.158. The van der Waals surface area contributed by atoms with Gasteiger partial charge in [0.15, 0.2) is 0 Å². The van der Waals surface area contributed by atoms with Crippen LogP contribution < -0.4 is 10.2 Å². The van der Waals surface area contributed by atoms with Gasteiger partial charge >= 0.3 is 0 Å². The standard InChI is InChI=1S/C21H26BrN3O4S/c1-3-25(4-2)30(27,28)16-9-10-20(24-11-13-29-14-12-24)19(15-16)23-21(26)17-7-5-6-8-18(17)22/h5-10,15H,3-4,11-14H2,1-2H3,(H,23,26). The van der Waals surface area contributed by atoms with E-state index in [1.807, 2.05) is 6.07 Å². The molecule has 9 heteroatoms. The molecule has 0 aromatic heterocycles. The van der Waals surface area contributed by atoms with Gasteiger partial charge in [0.05, 0.1) is 35.0 Å². The molecule has 2 aromatic rings. The number of halogens is 1. The number of hydrogen-bond donors (Lipinski definition) is 1. The lowest BCUT2D eigenvalue weighted by Crippen LogP contribution is -2.37. The van der Waals surface area contributed by atoms with Crippen LogP contribution in [0.4, 0.5) is 11.4 Å². The molecule has 0 saturated carbocycles. The van der Waals surface area contributed by atoms with Gasteiger partial charge in [0.1, 0.15) is 0 Å². The van der Waals surface area contributed by atoms with E-state index in [0.717, 1.165) is 5.69 Å². The van der Waals surface area contributed by atoms with Crippen LogP contribution in [0.25, 0.3) is 0 Å². The monoisotopic (exact) mass is 495 g/mol. The van der Waals surface area contributed by atoms with Gasteiger partial charge in [0, 0.05) is 30.7 Å². The molecule has 1 amide bonds. The molecule has 3 rings (SSSR count). The van der Waals surface area contributed by atoms with Crippen molar-refractivity contribution in [3.05, 3.63) is 52.5 Å². The minimum atomic E-state index is -3.65. The molecule has 1 aliphatic rings. The molecule has 1 N–H and O–H groups in total. The Morgan fingerprint density at radius 1 is 1.13 bits per heavy atom. The van der Waals surface area contributed by atoms with Crippen LogP contribution in [-0.2, 0) is 14.8 Å². The third kappa shape index (κ3) is 4.85. The number of nitrogens with zero attached hydrogens (tertiary/aromatic N) is 2.